The van der Waals surface area contributed by atoms with Crippen LogP contribution in [0.4, 0.5) is 8.78 Å². The molecular weight excluding hydrogens is 307 g/mol. The van der Waals surface area contributed by atoms with E-state index in [0.29, 0.717) is 11.1 Å². The summed E-state index contributed by atoms with van der Waals surface area (Å²) in [5.41, 5.74) is 2.93. The van der Waals surface area contributed by atoms with E-state index in [4.69, 9.17) is 0 Å². The Morgan fingerprint density at radius 2 is 1.28 bits per heavy atom. The van der Waals surface area contributed by atoms with Crippen molar-refractivity contribution in [1.82, 2.24) is 0 Å². The Bertz CT molecular complexity index is 533. The van der Waals surface area contributed by atoms with Crippen LogP contribution in [0.25, 0.3) is 11.1 Å². The summed E-state index contributed by atoms with van der Waals surface area (Å²) in [4.78, 5) is 0. The second-order valence-electron chi connectivity index (χ2n) is 4.34. The van der Waals surface area contributed by atoms with Gasteiger partial charge in [-0.3, -0.25) is 0 Å². The molecule has 0 aliphatic heterocycles. The summed E-state index contributed by atoms with van der Waals surface area (Å²) in [7, 11) is 0. The quantitative estimate of drug-likeness (QED) is 0.685. The molecule has 0 saturated carbocycles. The van der Waals surface area contributed by atoms with Crippen LogP contribution >= 0.6 is 0 Å². The van der Waals surface area contributed by atoms with Crippen LogP contribution in [-0.2, 0) is 32.7 Å². The van der Waals surface area contributed by atoms with Gasteiger partial charge in [-0.1, -0.05) is 13.8 Å². The molecule has 0 fully saturated rings. The number of halogens is 2. The van der Waals surface area contributed by atoms with Gasteiger partial charge in [-0.25, -0.2) is 8.78 Å². The van der Waals surface area contributed by atoms with Gasteiger partial charge in [0, 0.05) is 5.56 Å². The standard InChI is InChI=1S/C15H13F2.Y/c1-9-4-10(2)6-12(5-9)15-13(16)7-11(3)8-14(15)17;/h5-8H,1-3H3;/q-1;+3. The third kappa shape index (κ3) is 3.24. The van der Waals surface area contributed by atoms with E-state index < -0.39 is 11.6 Å². The van der Waals surface area contributed by atoms with E-state index >= 15 is 0 Å². The molecule has 2 aromatic rings. The SMILES string of the molecule is Cc1[c-]c(C)cc(-c2c(F)cc(C)cc2F)c1.[Y+3]. The maximum absolute atomic E-state index is 13.8. The zero-order valence-corrected chi connectivity index (χ0v) is 13.5. The average molecular weight is 320 g/mol. The van der Waals surface area contributed by atoms with E-state index in [0.717, 1.165) is 11.1 Å². The van der Waals surface area contributed by atoms with Gasteiger partial charge in [0.05, 0.1) is 0 Å². The Hall–Kier alpha value is -0.596. The molecule has 0 saturated heterocycles. The Balaban J connectivity index is 0.00000162. The van der Waals surface area contributed by atoms with Gasteiger partial charge < -0.3 is 0 Å². The fraction of sp³-hybridized carbons (Fsp3) is 0.200. The molecule has 2 aromatic carbocycles. The van der Waals surface area contributed by atoms with E-state index in [2.05, 4.69) is 6.07 Å². The summed E-state index contributed by atoms with van der Waals surface area (Å²) in [5.74, 6) is -1.04. The fourth-order valence-corrected chi connectivity index (χ4v) is 2.01. The van der Waals surface area contributed by atoms with E-state index in [1.54, 1.807) is 19.1 Å². The van der Waals surface area contributed by atoms with Crippen molar-refractivity contribution >= 4 is 0 Å². The van der Waals surface area contributed by atoms with E-state index in [1.807, 2.05) is 13.8 Å². The molecule has 0 radical (unpaired) electrons. The Morgan fingerprint density at radius 3 is 1.72 bits per heavy atom. The van der Waals surface area contributed by atoms with Crippen molar-refractivity contribution in [1.29, 1.82) is 0 Å². The second kappa shape index (κ2) is 6.03. The molecule has 0 atom stereocenters. The maximum Gasteiger partial charge on any atom is 3.00 e. The van der Waals surface area contributed by atoms with Crippen LogP contribution in [-0.4, -0.2) is 0 Å². The molecule has 88 valence electrons. The molecule has 2 rings (SSSR count). The van der Waals surface area contributed by atoms with Gasteiger partial charge >= 0.3 is 32.7 Å². The first kappa shape index (κ1) is 15.5. The van der Waals surface area contributed by atoms with Gasteiger partial charge in [0.15, 0.2) is 0 Å². The van der Waals surface area contributed by atoms with Crippen LogP contribution < -0.4 is 0 Å². The van der Waals surface area contributed by atoms with Gasteiger partial charge in [0.25, 0.3) is 0 Å². The van der Waals surface area contributed by atoms with E-state index in [9.17, 15) is 8.78 Å². The second-order valence-corrected chi connectivity index (χ2v) is 4.34. The van der Waals surface area contributed by atoms with Crippen LogP contribution in [0, 0.1) is 38.5 Å². The van der Waals surface area contributed by atoms with Crippen molar-refractivity contribution < 1.29 is 41.5 Å². The molecule has 0 spiro atoms. The first-order valence-electron chi connectivity index (χ1n) is 5.44. The normalized spacial score (nSPS) is 10.1. The summed E-state index contributed by atoms with van der Waals surface area (Å²) >= 11 is 0. The first-order chi connectivity index (χ1) is 7.97. The summed E-state index contributed by atoms with van der Waals surface area (Å²) in [6, 6.07) is 9.26. The van der Waals surface area contributed by atoms with Crippen molar-refractivity contribution in [2.75, 3.05) is 0 Å². The van der Waals surface area contributed by atoms with Gasteiger partial charge in [0.2, 0.25) is 0 Å². The Labute approximate surface area is 131 Å². The molecule has 0 aromatic heterocycles. The van der Waals surface area contributed by atoms with Crippen molar-refractivity contribution in [3.63, 3.8) is 0 Å². The molecule has 0 unspecified atom stereocenters. The predicted molar refractivity (Wildman–Crippen MR) is 64.8 cm³/mol. The largest absolute Gasteiger partial charge is 3.00 e. The molecule has 0 aliphatic carbocycles. The number of hydrogen-bond donors (Lipinski definition) is 0. The molecule has 0 aliphatic rings. The third-order valence-corrected chi connectivity index (χ3v) is 2.61. The minimum atomic E-state index is -0.521. The molecule has 0 heterocycles. The van der Waals surface area contributed by atoms with Gasteiger partial charge in [-0.2, -0.15) is 29.3 Å². The molecule has 0 N–H and O–H groups in total. The van der Waals surface area contributed by atoms with Gasteiger partial charge in [-0.15, -0.1) is 5.56 Å². The zero-order valence-electron chi connectivity index (χ0n) is 10.6. The van der Waals surface area contributed by atoms with Crippen LogP contribution in [0.5, 0.6) is 0 Å². The van der Waals surface area contributed by atoms with Crippen molar-refractivity contribution in [3.8, 4) is 11.1 Å². The van der Waals surface area contributed by atoms with Crippen LogP contribution in [0.2, 0.25) is 0 Å². The monoisotopic (exact) mass is 320 g/mol. The smallest absolute Gasteiger partial charge is 0.206 e. The van der Waals surface area contributed by atoms with Gasteiger partial charge in [0.1, 0.15) is 11.6 Å². The fourth-order valence-electron chi connectivity index (χ4n) is 2.01. The van der Waals surface area contributed by atoms with E-state index in [-0.39, 0.29) is 38.3 Å². The minimum absolute atomic E-state index is 0. The van der Waals surface area contributed by atoms with Crippen LogP contribution in [0.1, 0.15) is 16.7 Å². The summed E-state index contributed by atoms with van der Waals surface area (Å²) in [5, 5.41) is 0. The predicted octanol–water partition coefficient (Wildman–Crippen LogP) is 4.35. The maximum atomic E-state index is 13.8. The molecule has 0 nitrogen and oxygen atoms in total. The van der Waals surface area contributed by atoms with Crippen molar-refractivity contribution in [2.45, 2.75) is 20.8 Å². The topological polar surface area (TPSA) is 0 Å². The number of rotatable bonds is 1. The summed E-state index contributed by atoms with van der Waals surface area (Å²) in [6.45, 7) is 5.40. The number of hydrogen-bond acceptors (Lipinski definition) is 0. The van der Waals surface area contributed by atoms with E-state index in [1.165, 1.54) is 12.1 Å². The van der Waals surface area contributed by atoms with Crippen molar-refractivity contribution in [2.24, 2.45) is 0 Å². The Morgan fingerprint density at radius 1 is 0.833 bits per heavy atom. The number of benzene rings is 2. The molecule has 3 heteroatoms. The average Bonchev–Trinajstić information content (AvgIpc) is 2.13. The third-order valence-electron chi connectivity index (χ3n) is 2.61. The summed E-state index contributed by atoms with van der Waals surface area (Å²) < 4.78 is 27.6. The molecular formula is C15H13F2Y+2. The van der Waals surface area contributed by atoms with Crippen molar-refractivity contribution in [3.05, 3.63) is 58.7 Å². The zero-order chi connectivity index (χ0) is 12.6. The molecule has 0 bridgehead atoms. The minimum Gasteiger partial charge on any atom is -0.206 e. The summed E-state index contributed by atoms with van der Waals surface area (Å²) in [6.07, 6.45) is 0. The van der Waals surface area contributed by atoms with Gasteiger partial charge in [-0.05, 0) is 24.6 Å². The van der Waals surface area contributed by atoms with Crippen LogP contribution in [0.3, 0.4) is 0 Å². The molecule has 18 heavy (non-hydrogen) atoms. The Kier molecular flexibility index (Phi) is 5.18. The number of aryl methyl sites for hydroxylation is 3. The first-order valence-corrected chi connectivity index (χ1v) is 5.44. The molecule has 0 amide bonds. The van der Waals surface area contributed by atoms with Crippen LogP contribution in [0.15, 0.2) is 24.3 Å².